The zero-order chi connectivity index (χ0) is 14.1. The van der Waals surface area contributed by atoms with Crippen LogP contribution in [0.3, 0.4) is 0 Å². The summed E-state index contributed by atoms with van der Waals surface area (Å²) in [6.45, 7) is 3.51. The maximum Gasteiger partial charge on any atom is 0.190 e. The number of hydrogen-bond acceptors (Lipinski definition) is 3. The van der Waals surface area contributed by atoms with E-state index in [4.69, 9.17) is 15.2 Å². The fourth-order valence-electron chi connectivity index (χ4n) is 1.61. The Morgan fingerprint density at radius 3 is 2.37 bits per heavy atom. The van der Waals surface area contributed by atoms with E-state index in [1.807, 2.05) is 0 Å². The van der Waals surface area contributed by atoms with E-state index in [0.717, 1.165) is 12.8 Å². The van der Waals surface area contributed by atoms with Crippen LogP contribution >= 0.6 is 0 Å². The van der Waals surface area contributed by atoms with Gasteiger partial charge in [0.15, 0.2) is 17.4 Å². The van der Waals surface area contributed by atoms with Crippen LogP contribution in [-0.2, 0) is 11.2 Å². The Morgan fingerprint density at radius 2 is 1.79 bits per heavy atom. The van der Waals surface area contributed by atoms with E-state index in [1.165, 1.54) is 12.1 Å². The van der Waals surface area contributed by atoms with E-state index < -0.39 is 11.6 Å². The molecule has 1 aromatic rings. The van der Waals surface area contributed by atoms with Gasteiger partial charge in [0.2, 0.25) is 0 Å². The molecule has 0 atom stereocenters. The van der Waals surface area contributed by atoms with Gasteiger partial charge in [0.1, 0.15) is 6.61 Å². The van der Waals surface area contributed by atoms with Crippen LogP contribution in [0.15, 0.2) is 12.1 Å². The molecule has 1 rings (SSSR count). The summed E-state index contributed by atoms with van der Waals surface area (Å²) in [5.41, 5.74) is 5.88. The number of rotatable bonds is 9. The van der Waals surface area contributed by atoms with Gasteiger partial charge in [-0.3, -0.25) is 0 Å². The van der Waals surface area contributed by atoms with Crippen molar-refractivity contribution in [2.45, 2.75) is 26.2 Å². The Balaban J connectivity index is 2.45. The molecule has 0 amide bonds. The third-order valence-corrected chi connectivity index (χ3v) is 2.61. The van der Waals surface area contributed by atoms with Crippen molar-refractivity contribution < 1.29 is 18.3 Å². The molecule has 0 unspecified atom stereocenters. The van der Waals surface area contributed by atoms with Gasteiger partial charge in [0.25, 0.3) is 0 Å². The highest BCUT2D eigenvalue weighted by molar-refractivity contribution is 5.31. The Kier molecular flexibility index (Phi) is 7.36. The molecule has 0 aliphatic carbocycles. The van der Waals surface area contributed by atoms with Crippen molar-refractivity contribution in [1.82, 2.24) is 0 Å². The first-order valence-corrected chi connectivity index (χ1v) is 6.57. The number of halogens is 2. The Hall–Kier alpha value is -1.20. The first-order chi connectivity index (χ1) is 9.19. The summed E-state index contributed by atoms with van der Waals surface area (Å²) in [7, 11) is 0. The van der Waals surface area contributed by atoms with Gasteiger partial charge < -0.3 is 15.2 Å². The minimum Gasteiger partial charge on any atom is -0.485 e. The summed E-state index contributed by atoms with van der Waals surface area (Å²) in [4.78, 5) is 0. The van der Waals surface area contributed by atoms with Crippen molar-refractivity contribution in [2.75, 3.05) is 26.4 Å². The van der Waals surface area contributed by atoms with Crippen molar-refractivity contribution in [3.8, 4) is 5.75 Å². The minimum absolute atomic E-state index is 0.133. The van der Waals surface area contributed by atoms with Crippen molar-refractivity contribution in [1.29, 1.82) is 0 Å². The molecular formula is C14H21F2NO2. The highest BCUT2D eigenvalue weighted by Gasteiger charge is 2.12. The number of nitrogens with two attached hydrogens (primary N) is 1. The highest BCUT2D eigenvalue weighted by atomic mass is 19.1. The van der Waals surface area contributed by atoms with Gasteiger partial charge in [0, 0.05) is 6.61 Å². The van der Waals surface area contributed by atoms with Gasteiger partial charge in [-0.25, -0.2) is 8.78 Å². The maximum atomic E-state index is 13.6. The Bertz CT molecular complexity index is 363. The van der Waals surface area contributed by atoms with E-state index in [2.05, 4.69) is 6.92 Å². The molecule has 108 valence electrons. The van der Waals surface area contributed by atoms with Gasteiger partial charge in [0.05, 0.1) is 6.61 Å². The Morgan fingerprint density at radius 1 is 1.11 bits per heavy atom. The summed E-state index contributed by atoms with van der Waals surface area (Å²) >= 11 is 0. The van der Waals surface area contributed by atoms with E-state index in [0.29, 0.717) is 31.7 Å². The molecular weight excluding hydrogens is 252 g/mol. The van der Waals surface area contributed by atoms with Crippen molar-refractivity contribution in [3.05, 3.63) is 29.3 Å². The molecule has 0 aromatic heterocycles. The average molecular weight is 273 g/mol. The third-order valence-electron chi connectivity index (χ3n) is 2.61. The molecule has 0 saturated carbocycles. The predicted molar refractivity (Wildman–Crippen MR) is 70.3 cm³/mol. The molecule has 0 aliphatic heterocycles. The molecule has 1 aromatic carbocycles. The summed E-state index contributed by atoms with van der Waals surface area (Å²) in [6.07, 6.45) is 2.46. The second kappa shape index (κ2) is 8.82. The lowest BCUT2D eigenvalue weighted by atomic mass is 10.1. The van der Waals surface area contributed by atoms with Crippen molar-refractivity contribution >= 4 is 0 Å². The minimum atomic E-state index is -0.697. The Labute approximate surface area is 112 Å². The lowest BCUT2D eigenvalue weighted by molar-refractivity contribution is 0.0951. The van der Waals surface area contributed by atoms with Crippen LogP contribution in [0.25, 0.3) is 0 Å². The molecule has 2 N–H and O–H groups in total. The van der Waals surface area contributed by atoms with Crippen LogP contribution in [0, 0.1) is 11.6 Å². The molecule has 0 fully saturated rings. The van der Waals surface area contributed by atoms with Crippen LogP contribution in [0.4, 0.5) is 8.78 Å². The predicted octanol–water partition coefficient (Wildman–Crippen LogP) is 2.66. The standard InChI is InChI=1S/C14H21F2NO2/c1-2-3-6-18-7-8-19-14-12(15)9-11(4-5-17)10-13(14)16/h9-10H,2-8,17H2,1H3. The molecule has 19 heavy (non-hydrogen) atoms. The van der Waals surface area contributed by atoms with Crippen LogP contribution in [0.1, 0.15) is 25.3 Å². The van der Waals surface area contributed by atoms with E-state index in [-0.39, 0.29) is 12.4 Å². The molecule has 0 aliphatic rings. The smallest absolute Gasteiger partial charge is 0.190 e. The van der Waals surface area contributed by atoms with Crippen molar-refractivity contribution in [3.63, 3.8) is 0 Å². The van der Waals surface area contributed by atoms with Crippen LogP contribution in [0.2, 0.25) is 0 Å². The fraction of sp³-hybridized carbons (Fsp3) is 0.571. The molecule has 0 heterocycles. The van der Waals surface area contributed by atoms with Crippen LogP contribution in [-0.4, -0.2) is 26.4 Å². The lowest BCUT2D eigenvalue weighted by Gasteiger charge is -2.10. The van der Waals surface area contributed by atoms with Gasteiger partial charge in [-0.15, -0.1) is 0 Å². The number of hydrogen-bond donors (Lipinski definition) is 1. The first-order valence-electron chi connectivity index (χ1n) is 6.57. The van der Waals surface area contributed by atoms with E-state index in [1.54, 1.807) is 0 Å². The molecule has 0 radical (unpaired) electrons. The zero-order valence-electron chi connectivity index (χ0n) is 11.3. The van der Waals surface area contributed by atoms with Gasteiger partial charge in [-0.05, 0) is 37.1 Å². The molecule has 0 spiro atoms. The fourth-order valence-corrected chi connectivity index (χ4v) is 1.61. The third kappa shape index (κ3) is 5.53. The summed E-state index contributed by atoms with van der Waals surface area (Å²) < 4.78 is 37.6. The van der Waals surface area contributed by atoms with E-state index >= 15 is 0 Å². The summed E-state index contributed by atoms with van der Waals surface area (Å²) in [5, 5.41) is 0. The average Bonchev–Trinajstić information content (AvgIpc) is 2.36. The summed E-state index contributed by atoms with van der Waals surface area (Å²) in [6, 6.07) is 2.51. The normalized spacial score (nSPS) is 10.7. The van der Waals surface area contributed by atoms with Gasteiger partial charge in [-0.2, -0.15) is 0 Å². The van der Waals surface area contributed by atoms with Crippen molar-refractivity contribution in [2.24, 2.45) is 5.73 Å². The van der Waals surface area contributed by atoms with Crippen LogP contribution in [0.5, 0.6) is 5.75 Å². The molecule has 5 heteroatoms. The highest BCUT2D eigenvalue weighted by Crippen LogP contribution is 2.23. The van der Waals surface area contributed by atoms with E-state index in [9.17, 15) is 8.78 Å². The molecule has 0 saturated heterocycles. The molecule has 3 nitrogen and oxygen atoms in total. The SMILES string of the molecule is CCCCOCCOc1c(F)cc(CCN)cc1F. The summed E-state index contributed by atoms with van der Waals surface area (Å²) in [5.74, 6) is -1.74. The monoisotopic (exact) mass is 273 g/mol. The zero-order valence-corrected chi connectivity index (χ0v) is 11.3. The van der Waals surface area contributed by atoms with Crippen LogP contribution < -0.4 is 10.5 Å². The first kappa shape index (κ1) is 15.9. The topological polar surface area (TPSA) is 44.5 Å². The quantitative estimate of drug-likeness (QED) is 0.703. The number of unbranched alkanes of at least 4 members (excludes halogenated alkanes) is 1. The lowest BCUT2D eigenvalue weighted by Crippen LogP contribution is -2.10. The van der Waals surface area contributed by atoms with Gasteiger partial charge in [-0.1, -0.05) is 13.3 Å². The number of benzene rings is 1. The van der Waals surface area contributed by atoms with Gasteiger partial charge >= 0.3 is 0 Å². The second-order valence-corrected chi connectivity index (χ2v) is 4.24. The molecule has 0 bridgehead atoms. The maximum absolute atomic E-state index is 13.6. The largest absolute Gasteiger partial charge is 0.485 e. The number of ether oxygens (including phenoxy) is 2. The second-order valence-electron chi connectivity index (χ2n) is 4.24.